The predicted octanol–water partition coefficient (Wildman–Crippen LogP) is 3.85. The number of anilines is 1. The van der Waals surface area contributed by atoms with E-state index in [1.807, 2.05) is 70.2 Å². The average Bonchev–Trinajstić information content (AvgIpc) is 2.62. The number of nitrogens with zero attached hydrogens (tertiary/aromatic N) is 1. The summed E-state index contributed by atoms with van der Waals surface area (Å²) in [6.45, 7) is 7.34. The normalized spacial score (nSPS) is 16.8. The average molecular weight is 396 g/mol. The van der Waals surface area contributed by atoms with E-state index in [1.54, 1.807) is 0 Å². The van der Waals surface area contributed by atoms with E-state index in [0.29, 0.717) is 29.4 Å². The second kappa shape index (κ2) is 8.03. The van der Waals surface area contributed by atoms with Gasteiger partial charge in [0.1, 0.15) is 22.9 Å². The van der Waals surface area contributed by atoms with Crippen molar-refractivity contribution in [1.82, 2.24) is 5.32 Å². The zero-order valence-electron chi connectivity index (χ0n) is 17.2. The van der Waals surface area contributed by atoms with Crippen LogP contribution < -0.4 is 21.5 Å². The molecule has 0 spiro atoms. The Morgan fingerprint density at radius 1 is 1.21 bits per heavy atom. The number of nitrogen functional groups attached to an aromatic ring is 1. The molecule has 1 amide bonds. The van der Waals surface area contributed by atoms with E-state index >= 15 is 0 Å². The van der Waals surface area contributed by atoms with Crippen LogP contribution >= 0.6 is 0 Å². The maximum atomic E-state index is 12.4. The molecule has 154 valence electrons. The van der Waals surface area contributed by atoms with Crippen LogP contribution in [0.25, 0.3) is 0 Å². The minimum atomic E-state index is -0.589. The van der Waals surface area contributed by atoms with E-state index < -0.39 is 11.7 Å². The molecule has 29 heavy (non-hydrogen) atoms. The van der Waals surface area contributed by atoms with Gasteiger partial charge in [-0.15, -0.1) is 0 Å². The van der Waals surface area contributed by atoms with E-state index in [-0.39, 0.29) is 12.1 Å². The van der Waals surface area contributed by atoms with Crippen molar-refractivity contribution in [3.05, 3.63) is 53.6 Å². The van der Waals surface area contributed by atoms with Crippen molar-refractivity contribution >= 4 is 23.3 Å². The van der Waals surface area contributed by atoms with Gasteiger partial charge in [0.25, 0.3) is 0 Å². The SMILES string of the molecule is CC1Oc2ccc(C(Cc3ccc(N)cc3)NC(=O)OC(C)(C)C)cc2N=C1N. The Bertz CT molecular complexity index is 917. The molecule has 1 heterocycles. The Morgan fingerprint density at radius 3 is 2.55 bits per heavy atom. The molecule has 0 fully saturated rings. The van der Waals surface area contributed by atoms with Crippen LogP contribution in [0.4, 0.5) is 16.2 Å². The molecule has 2 aromatic rings. The maximum absolute atomic E-state index is 12.4. The molecular weight excluding hydrogens is 368 g/mol. The molecule has 5 N–H and O–H groups in total. The summed E-state index contributed by atoms with van der Waals surface area (Å²) in [5.74, 6) is 1.09. The number of benzene rings is 2. The lowest BCUT2D eigenvalue weighted by Crippen LogP contribution is -2.36. The summed E-state index contributed by atoms with van der Waals surface area (Å²) in [6, 6.07) is 12.9. The quantitative estimate of drug-likeness (QED) is 0.680. The summed E-state index contributed by atoms with van der Waals surface area (Å²) in [5, 5.41) is 2.97. The Labute approximate surface area is 171 Å². The minimum Gasteiger partial charge on any atom is -0.481 e. The van der Waals surface area contributed by atoms with Gasteiger partial charge in [-0.1, -0.05) is 18.2 Å². The van der Waals surface area contributed by atoms with Gasteiger partial charge < -0.3 is 26.3 Å². The number of nitrogens with one attached hydrogen (secondary N) is 1. The summed E-state index contributed by atoms with van der Waals surface area (Å²) in [6.07, 6.45) is -0.184. The molecule has 0 saturated carbocycles. The van der Waals surface area contributed by atoms with Crippen molar-refractivity contribution in [3.63, 3.8) is 0 Å². The zero-order valence-corrected chi connectivity index (χ0v) is 17.2. The fourth-order valence-electron chi connectivity index (χ4n) is 3.01. The highest BCUT2D eigenvalue weighted by Crippen LogP contribution is 2.35. The number of rotatable bonds is 4. The van der Waals surface area contributed by atoms with Gasteiger partial charge in [-0.05, 0) is 69.5 Å². The molecule has 2 aromatic carbocycles. The largest absolute Gasteiger partial charge is 0.481 e. The molecule has 0 saturated heterocycles. The van der Waals surface area contributed by atoms with Gasteiger partial charge in [0.2, 0.25) is 0 Å². The third-order valence-electron chi connectivity index (χ3n) is 4.47. The summed E-state index contributed by atoms with van der Waals surface area (Å²) in [4.78, 5) is 16.9. The van der Waals surface area contributed by atoms with Gasteiger partial charge in [-0.25, -0.2) is 9.79 Å². The standard InChI is InChI=1S/C22H28N4O3/c1-13-20(24)25-18-12-15(7-10-19(18)28-13)17(26-21(27)29-22(2,3)4)11-14-5-8-16(23)9-6-14/h5-10,12-13,17H,11,23H2,1-4H3,(H2,24,25)(H,26,27). The Balaban J connectivity index is 1.89. The molecule has 1 aliphatic heterocycles. The van der Waals surface area contributed by atoms with Crippen LogP contribution in [0.15, 0.2) is 47.5 Å². The molecule has 1 aliphatic rings. The number of nitrogens with two attached hydrogens (primary N) is 2. The summed E-state index contributed by atoms with van der Waals surface area (Å²) in [5.41, 5.74) is 14.4. The number of alkyl carbamates (subject to hydrolysis) is 1. The van der Waals surface area contributed by atoms with E-state index in [2.05, 4.69) is 10.3 Å². The number of amides is 1. The number of carbonyl (C=O) groups excluding carboxylic acids is 1. The van der Waals surface area contributed by atoms with E-state index in [4.69, 9.17) is 20.9 Å². The van der Waals surface area contributed by atoms with Gasteiger partial charge in [0.05, 0.1) is 6.04 Å². The Hall–Kier alpha value is -3.22. The monoisotopic (exact) mass is 396 g/mol. The lowest BCUT2D eigenvalue weighted by molar-refractivity contribution is 0.0503. The highest BCUT2D eigenvalue weighted by molar-refractivity contribution is 5.89. The molecule has 0 bridgehead atoms. The fourth-order valence-corrected chi connectivity index (χ4v) is 3.01. The lowest BCUT2D eigenvalue weighted by atomic mass is 9.98. The van der Waals surface area contributed by atoms with Crippen molar-refractivity contribution in [2.75, 3.05) is 5.73 Å². The van der Waals surface area contributed by atoms with Gasteiger partial charge in [0, 0.05) is 5.69 Å². The topological polar surface area (TPSA) is 112 Å². The second-order valence-corrected chi connectivity index (χ2v) is 8.17. The molecule has 0 aliphatic carbocycles. The van der Waals surface area contributed by atoms with Crippen molar-refractivity contribution in [2.24, 2.45) is 10.7 Å². The fraction of sp³-hybridized carbons (Fsp3) is 0.364. The van der Waals surface area contributed by atoms with Crippen LogP contribution in [0, 0.1) is 0 Å². The molecule has 2 atom stereocenters. The number of amidine groups is 1. The Kier molecular flexibility index (Phi) is 5.68. The first-order valence-electron chi connectivity index (χ1n) is 9.59. The highest BCUT2D eigenvalue weighted by Gasteiger charge is 2.24. The number of hydrogen-bond acceptors (Lipinski definition) is 6. The van der Waals surface area contributed by atoms with Gasteiger partial charge >= 0.3 is 6.09 Å². The van der Waals surface area contributed by atoms with Crippen LogP contribution in [0.3, 0.4) is 0 Å². The molecule has 0 aromatic heterocycles. The van der Waals surface area contributed by atoms with E-state index in [9.17, 15) is 4.79 Å². The lowest BCUT2D eigenvalue weighted by Gasteiger charge is -2.26. The van der Waals surface area contributed by atoms with Crippen LogP contribution in [0.1, 0.15) is 44.9 Å². The number of ether oxygens (including phenoxy) is 2. The van der Waals surface area contributed by atoms with Gasteiger partial charge in [-0.2, -0.15) is 0 Å². The van der Waals surface area contributed by atoms with Crippen LogP contribution in [-0.2, 0) is 11.2 Å². The number of hydrogen-bond donors (Lipinski definition) is 3. The molecule has 2 unspecified atom stereocenters. The zero-order chi connectivity index (χ0) is 21.2. The van der Waals surface area contributed by atoms with E-state index in [1.165, 1.54) is 0 Å². The third-order valence-corrected chi connectivity index (χ3v) is 4.47. The minimum absolute atomic E-state index is 0.265. The van der Waals surface area contributed by atoms with Crippen molar-refractivity contribution in [2.45, 2.75) is 51.9 Å². The molecule has 7 heteroatoms. The van der Waals surface area contributed by atoms with E-state index in [0.717, 1.165) is 11.1 Å². The number of fused-ring (bicyclic) bond motifs is 1. The summed E-state index contributed by atoms with van der Waals surface area (Å²) in [7, 11) is 0. The van der Waals surface area contributed by atoms with Gasteiger partial charge in [0.15, 0.2) is 6.10 Å². The number of aliphatic imine (C=N–C) groups is 1. The molecule has 3 rings (SSSR count). The van der Waals surface area contributed by atoms with Gasteiger partial charge in [-0.3, -0.25) is 0 Å². The van der Waals surface area contributed by atoms with Crippen molar-refractivity contribution in [3.8, 4) is 5.75 Å². The third kappa shape index (κ3) is 5.40. The predicted molar refractivity (Wildman–Crippen MR) is 114 cm³/mol. The van der Waals surface area contributed by atoms with Crippen LogP contribution in [0.2, 0.25) is 0 Å². The van der Waals surface area contributed by atoms with Crippen LogP contribution in [0.5, 0.6) is 5.75 Å². The molecule has 0 radical (unpaired) electrons. The van der Waals surface area contributed by atoms with Crippen molar-refractivity contribution < 1.29 is 14.3 Å². The molecule has 7 nitrogen and oxygen atoms in total. The first-order valence-corrected chi connectivity index (χ1v) is 9.59. The molecular formula is C22H28N4O3. The van der Waals surface area contributed by atoms with Crippen molar-refractivity contribution in [1.29, 1.82) is 0 Å². The Morgan fingerprint density at radius 2 is 1.90 bits per heavy atom. The first-order chi connectivity index (χ1) is 13.6. The smallest absolute Gasteiger partial charge is 0.408 e. The first kappa shape index (κ1) is 20.5. The van der Waals surface area contributed by atoms with Crippen LogP contribution in [-0.4, -0.2) is 23.6 Å². The summed E-state index contributed by atoms with van der Waals surface area (Å²) < 4.78 is 11.2. The highest BCUT2D eigenvalue weighted by atomic mass is 16.6. The second-order valence-electron chi connectivity index (χ2n) is 8.17. The summed E-state index contributed by atoms with van der Waals surface area (Å²) >= 11 is 0. The maximum Gasteiger partial charge on any atom is 0.408 e. The number of carbonyl (C=O) groups is 1.